The first-order valence-electron chi connectivity index (χ1n) is 14.7. The summed E-state index contributed by atoms with van der Waals surface area (Å²) in [5.41, 5.74) is 5.25. The van der Waals surface area contributed by atoms with E-state index in [-0.39, 0.29) is 95.9 Å². The molecule has 8 nitrogen and oxygen atoms in total. The van der Waals surface area contributed by atoms with Gasteiger partial charge >= 0.3 is 6.01 Å². The van der Waals surface area contributed by atoms with E-state index in [0.717, 1.165) is 0 Å². The molecule has 45 heavy (non-hydrogen) atoms. The number of halogens is 5. The van der Waals surface area contributed by atoms with Crippen LogP contribution in [0, 0.1) is 29.9 Å². The van der Waals surface area contributed by atoms with Crippen molar-refractivity contribution < 1.29 is 31.4 Å². The maximum Gasteiger partial charge on any atom is 0.319 e. The van der Waals surface area contributed by atoms with Gasteiger partial charge in [-0.05, 0) is 30.0 Å². The Morgan fingerprint density at radius 2 is 2.02 bits per heavy atom. The predicted octanol–water partition coefficient (Wildman–Crippen LogP) is 4.72. The van der Waals surface area contributed by atoms with Crippen molar-refractivity contribution in [1.29, 1.82) is 0 Å². The molecule has 0 bridgehead atoms. The molecule has 0 amide bonds. The summed E-state index contributed by atoms with van der Waals surface area (Å²) in [7, 11) is 0. The largest absolute Gasteiger partial charge is 0.461 e. The third-order valence-electron chi connectivity index (χ3n) is 9.58. The minimum absolute atomic E-state index is 0.0767. The topological polar surface area (TPSA) is 89.6 Å². The highest BCUT2D eigenvalue weighted by Gasteiger charge is 2.60. The van der Waals surface area contributed by atoms with Crippen molar-refractivity contribution in [3.05, 3.63) is 47.7 Å². The van der Waals surface area contributed by atoms with Crippen LogP contribution in [0.5, 0.6) is 6.01 Å². The third-order valence-corrected chi connectivity index (χ3v) is 9.58. The van der Waals surface area contributed by atoms with Crippen LogP contribution >= 0.6 is 0 Å². The number of rotatable bonds is 5. The van der Waals surface area contributed by atoms with Gasteiger partial charge in [0, 0.05) is 48.3 Å². The number of terminal acetylenes is 1. The van der Waals surface area contributed by atoms with Gasteiger partial charge in [0.15, 0.2) is 5.82 Å². The van der Waals surface area contributed by atoms with Gasteiger partial charge in [0.2, 0.25) is 0 Å². The summed E-state index contributed by atoms with van der Waals surface area (Å²) < 4.78 is 86.5. The lowest BCUT2D eigenvalue weighted by atomic mass is 9.85. The van der Waals surface area contributed by atoms with Crippen molar-refractivity contribution >= 4 is 33.2 Å². The van der Waals surface area contributed by atoms with Crippen molar-refractivity contribution in [3.8, 4) is 29.6 Å². The summed E-state index contributed by atoms with van der Waals surface area (Å²) in [5, 5.41) is 0.931. The van der Waals surface area contributed by atoms with Gasteiger partial charge < -0.3 is 20.1 Å². The van der Waals surface area contributed by atoms with Gasteiger partial charge in [-0.2, -0.15) is 9.97 Å². The second kappa shape index (κ2) is 9.86. The molecular formula is C32H27F5N6O2. The van der Waals surface area contributed by atoms with E-state index in [4.69, 9.17) is 21.6 Å². The van der Waals surface area contributed by atoms with Crippen LogP contribution in [0.4, 0.5) is 33.5 Å². The van der Waals surface area contributed by atoms with E-state index in [1.807, 2.05) is 0 Å². The van der Waals surface area contributed by atoms with Gasteiger partial charge in [0.1, 0.15) is 35.6 Å². The first-order valence-corrected chi connectivity index (χ1v) is 14.7. The lowest BCUT2D eigenvalue weighted by Crippen LogP contribution is -2.59. The third kappa shape index (κ3) is 4.37. The number of fused-ring (bicyclic) bond motifs is 4. The van der Waals surface area contributed by atoms with Gasteiger partial charge in [-0.1, -0.05) is 12.0 Å². The zero-order chi connectivity index (χ0) is 31.2. The molecule has 8 rings (SSSR count). The number of nitrogens with zero attached hydrogens (tertiary/aromatic N) is 5. The second-order valence-corrected chi connectivity index (χ2v) is 12.3. The average Bonchev–Trinajstić information content (AvgIpc) is 3.66. The average molecular weight is 623 g/mol. The number of hydrogen-bond donors (Lipinski definition) is 1. The van der Waals surface area contributed by atoms with E-state index in [1.165, 1.54) is 24.4 Å². The van der Waals surface area contributed by atoms with Gasteiger partial charge in [0.05, 0.1) is 42.3 Å². The number of nitrogens with two attached hydrogens (primary N) is 1. The van der Waals surface area contributed by atoms with E-state index in [2.05, 4.69) is 20.9 Å². The minimum atomic E-state index is -2.85. The molecule has 0 radical (unpaired) electrons. The fourth-order valence-corrected chi connectivity index (χ4v) is 7.23. The number of alkyl halides is 3. The Balaban J connectivity index is 1.28. The molecule has 2 aromatic carbocycles. The van der Waals surface area contributed by atoms with Crippen LogP contribution in [0.1, 0.15) is 18.4 Å². The molecule has 1 saturated carbocycles. The van der Waals surface area contributed by atoms with Crippen LogP contribution in [-0.2, 0) is 4.74 Å². The van der Waals surface area contributed by atoms with Gasteiger partial charge in [-0.3, -0.25) is 9.88 Å². The Bertz CT molecular complexity index is 1930. The molecule has 3 saturated heterocycles. The number of benzene rings is 2. The Morgan fingerprint density at radius 3 is 2.78 bits per heavy atom. The van der Waals surface area contributed by atoms with Crippen LogP contribution < -0.4 is 15.4 Å². The Hall–Kier alpha value is -4.28. The van der Waals surface area contributed by atoms with Gasteiger partial charge in [-0.25, -0.2) is 22.0 Å². The van der Waals surface area contributed by atoms with Crippen LogP contribution in [0.25, 0.3) is 32.9 Å². The zero-order valence-corrected chi connectivity index (χ0v) is 23.9. The standard InChI is InChI=1S/C32H27F5N6O2/c1-2-18-22(33)4-3-16-9-17(38)10-19(23(16)18)26-25(35)27-20(11-39-26)29(43-7-8-44-12-21-24(34)28(21)43)41-30(40-27)45-15-31-5-6-42(31)14-32(36,37)13-31/h1,3-4,9-11,21,24,28H,5-8,12-15,38H2/t21-,24-,28-,31?/m0/s1. The summed E-state index contributed by atoms with van der Waals surface area (Å²) in [5.74, 6) is -2.23. The van der Waals surface area contributed by atoms with E-state index in [0.29, 0.717) is 18.4 Å². The number of pyridine rings is 1. The normalized spacial score (nSPS) is 27.0. The molecule has 2 N–H and O–H groups in total. The fourth-order valence-electron chi connectivity index (χ4n) is 7.23. The maximum atomic E-state index is 16.7. The molecule has 4 aromatic rings. The van der Waals surface area contributed by atoms with Crippen molar-refractivity contribution in [2.45, 2.75) is 36.5 Å². The van der Waals surface area contributed by atoms with Crippen molar-refractivity contribution in [2.24, 2.45) is 5.92 Å². The van der Waals surface area contributed by atoms with Crippen LogP contribution in [0.3, 0.4) is 0 Å². The highest BCUT2D eigenvalue weighted by Crippen LogP contribution is 2.48. The zero-order valence-electron chi connectivity index (χ0n) is 23.9. The molecule has 3 aliphatic heterocycles. The molecule has 1 unspecified atom stereocenters. The molecule has 232 valence electrons. The molecule has 0 spiro atoms. The molecule has 5 heterocycles. The first kappa shape index (κ1) is 28.2. The summed E-state index contributed by atoms with van der Waals surface area (Å²) in [4.78, 5) is 16.7. The van der Waals surface area contributed by atoms with Crippen molar-refractivity contribution in [3.63, 3.8) is 0 Å². The van der Waals surface area contributed by atoms with E-state index in [1.54, 1.807) is 15.9 Å². The SMILES string of the molecule is C#Cc1c(F)ccc2cc(N)cc(-c3ncc4c(N5CCOC[C@H]6[C@H](F)[C@H]65)nc(OCC56CCN5CC(F)(F)C6)nc4c3F)c12. The Labute approximate surface area is 254 Å². The van der Waals surface area contributed by atoms with Crippen LogP contribution in [0.2, 0.25) is 0 Å². The van der Waals surface area contributed by atoms with Crippen LogP contribution in [-0.4, -0.2) is 83.0 Å². The fraction of sp³-hybridized carbons (Fsp3) is 0.406. The van der Waals surface area contributed by atoms with Crippen molar-refractivity contribution in [1.82, 2.24) is 19.9 Å². The molecule has 2 aromatic heterocycles. The summed E-state index contributed by atoms with van der Waals surface area (Å²) in [6, 6.07) is 4.97. The van der Waals surface area contributed by atoms with Crippen LogP contribution in [0.15, 0.2) is 30.5 Å². The molecule has 4 atom stereocenters. The second-order valence-electron chi connectivity index (χ2n) is 12.3. The molecule has 4 aliphatic rings. The maximum absolute atomic E-state index is 16.7. The summed E-state index contributed by atoms with van der Waals surface area (Å²) in [6.45, 7) is 0.846. The number of nitrogen functional groups attached to an aromatic ring is 1. The lowest BCUT2D eigenvalue weighted by molar-refractivity contribution is -0.0132. The summed E-state index contributed by atoms with van der Waals surface area (Å²) in [6.07, 6.45) is 6.00. The molecule has 4 fully saturated rings. The Morgan fingerprint density at radius 1 is 1.18 bits per heavy atom. The smallest absolute Gasteiger partial charge is 0.319 e. The molecule has 1 aliphatic carbocycles. The van der Waals surface area contributed by atoms with Crippen molar-refractivity contribution in [2.75, 3.05) is 50.1 Å². The number of aromatic nitrogens is 3. The van der Waals surface area contributed by atoms with Gasteiger partial charge in [0.25, 0.3) is 5.92 Å². The lowest BCUT2D eigenvalue weighted by Gasteiger charge is -2.46. The first-order chi connectivity index (χ1) is 21.6. The molecular weight excluding hydrogens is 595 g/mol. The molecule has 13 heteroatoms. The monoisotopic (exact) mass is 622 g/mol. The minimum Gasteiger partial charge on any atom is -0.461 e. The van der Waals surface area contributed by atoms with E-state index in [9.17, 15) is 17.6 Å². The van der Waals surface area contributed by atoms with E-state index < -0.39 is 35.3 Å². The van der Waals surface area contributed by atoms with E-state index >= 15 is 4.39 Å². The highest BCUT2D eigenvalue weighted by molar-refractivity contribution is 6.03. The highest BCUT2D eigenvalue weighted by atomic mass is 19.3. The number of hydrogen-bond acceptors (Lipinski definition) is 8. The predicted molar refractivity (Wildman–Crippen MR) is 157 cm³/mol. The Kier molecular flexibility index (Phi) is 6.18. The summed E-state index contributed by atoms with van der Waals surface area (Å²) >= 11 is 0. The number of ether oxygens (including phenoxy) is 2. The van der Waals surface area contributed by atoms with Gasteiger partial charge in [-0.15, -0.1) is 6.42 Å². The quantitative estimate of drug-likeness (QED) is 0.194. The number of anilines is 2.